The molecule has 4 rings (SSSR count). The van der Waals surface area contributed by atoms with Gasteiger partial charge in [-0.1, -0.05) is 18.2 Å². The van der Waals surface area contributed by atoms with E-state index in [0.29, 0.717) is 29.7 Å². The van der Waals surface area contributed by atoms with Crippen LogP contribution in [0.1, 0.15) is 6.92 Å². The number of benzene rings is 2. The number of para-hydroxylation sites is 1. The van der Waals surface area contributed by atoms with Gasteiger partial charge in [0.1, 0.15) is 0 Å². The van der Waals surface area contributed by atoms with Crippen LogP contribution in [0.3, 0.4) is 0 Å². The van der Waals surface area contributed by atoms with E-state index in [4.69, 9.17) is 0 Å². The van der Waals surface area contributed by atoms with Gasteiger partial charge in [0.15, 0.2) is 0 Å². The van der Waals surface area contributed by atoms with Crippen molar-refractivity contribution in [2.75, 3.05) is 26.0 Å². The van der Waals surface area contributed by atoms with Crippen LogP contribution in [0.4, 0.5) is 5.69 Å². The number of hydrogen-bond donors (Lipinski definition) is 1. The summed E-state index contributed by atoms with van der Waals surface area (Å²) in [6.45, 7) is 2.29. The average molecular weight is 364 g/mol. The molecule has 0 saturated carbocycles. The lowest BCUT2D eigenvalue weighted by atomic mass is 10.1. The number of carbonyl (C=O) groups is 1. The molecule has 0 unspecified atom stereocenters. The molecular formula is C20H20N4O3. The zero-order valence-electron chi connectivity index (χ0n) is 15.4. The molecule has 7 heteroatoms. The maximum absolute atomic E-state index is 13.1. The number of aromatic nitrogens is 2. The lowest BCUT2D eigenvalue weighted by Crippen LogP contribution is -2.39. The van der Waals surface area contributed by atoms with E-state index < -0.39 is 0 Å². The molecule has 138 valence electrons. The van der Waals surface area contributed by atoms with Crippen LogP contribution in [-0.4, -0.2) is 40.4 Å². The van der Waals surface area contributed by atoms with Crippen LogP contribution in [0.25, 0.3) is 27.2 Å². The highest BCUT2D eigenvalue weighted by atomic mass is 16.2. The third-order valence-electron chi connectivity index (χ3n) is 4.76. The zero-order valence-corrected chi connectivity index (χ0v) is 15.4. The lowest BCUT2D eigenvalue weighted by Gasteiger charge is -2.13. The smallest absolute Gasteiger partial charge is 0.326 e. The number of amides is 1. The Kier molecular flexibility index (Phi) is 3.96. The number of anilines is 1. The number of nitrogens with zero attached hydrogens (tertiary/aromatic N) is 3. The quantitative estimate of drug-likeness (QED) is 0.598. The predicted molar refractivity (Wildman–Crippen MR) is 107 cm³/mol. The number of fused-ring (bicyclic) bond motifs is 3. The minimum atomic E-state index is -0.340. The summed E-state index contributed by atoms with van der Waals surface area (Å²) in [5.41, 5.74) is 1.22. The van der Waals surface area contributed by atoms with Gasteiger partial charge < -0.3 is 10.2 Å². The molecule has 0 aliphatic rings. The molecule has 0 saturated heterocycles. The number of rotatable bonds is 4. The second kappa shape index (κ2) is 6.21. The van der Waals surface area contributed by atoms with Gasteiger partial charge in [-0.05, 0) is 32.3 Å². The first-order valence-electron chi connectivity index (χ1n) is 8.74. The summed E-state index contributed by atoms with van der Waals surface area (Å²) in [5.74, 6) is -0.214. The topological polar surface area (TPSA) is 75.8 Å². The first-order chi connectivity index (χ1) is 12.9. The van der Waals surface area contributed by atoms with Crippen LogP contribution in [-0.2, 0) is 11.3 Å². The van der Waals surface area contributed by atoms with Gasteiger partial charge in [0.05, 0.1) is 16.4 Å². The third-order valence-corrected chi connectivity index (χ3v) is 4.76. The monoisotopic (exact) mass is 364 g/mol. The van der Waals surface area contributed by atoms with E-state index in [0.717, 1.165) is 16.3 Å². The van der Waals surface area contributed by atoms with E-state index in [1.165, 1.54) is 11.5 Å². The van der Waals surface area contributed by atoms with Crippen LogP contribution >= 0.6 is 0 Å². The molecular weight excluding hydrogens is 344 g/mol. The molecule has 7 nitrogen and oxygen atoms in total. The summed E-state index contributed by atoms with van der Waals surface area (Å²) in [6, 6.07) is 11.0. The number of hydrogen-bond acceptors (Lipinski definition) is 4. The molecule has 1 N–H and O–H groups in total. The second-order valence-corrected chi connectivity index (χ2v) is 7.00. The Hall–Kier alpha value is -3.19. The highest BCUT2D eigenvalue weighted by Crippen LogP contribution is 2.31. The maximum atomic E-state index is 13.1. The predicted octanol–water partition coefficient (Wildman–Crippen LogP) is 1.73. The average Bonchev–Trinajstić information content (AvgIpc) is 2.94. The Labute approximate surface area is 154 Å². The maximum Gasteiger partial charge on any atom is 0.336 e. The van der Waals surface area contributed by atoms with Gasteiger partial charge >= 0.3 is 5.69 Å². The van der Waals surface area contributed by atoms with Crippen molar-refractivity contribution < 1.29 is 4.79 Å². The van der Waals surface area contributed by atoms with Crippen molar-refractivity contribution in [3.8, 4) is 0 Å². The van der Waals surface area contributed by atoms with E-state index >= 15 is 0 Å². The van der Waals surface area contributed by atoms with Crippen molar-refractivity contribution in [2.45, 2.75) is 13.5 Å². The number of carbonyl (C=O) groups excluding carboxylic acids is 1. The highest BCUT2D eigenvalue weighted by molar-refractivity contribution is 6.15. The summed E-state index contributed by atoms with van der Waals surface area (Å²) in [4.78, 5) is 39.7. The standard InChI is InChI=1S/C20H20N4O3/c1-12(25)21-13-10-15-14-6-4-5-7-17(14)24-18(15)16(11-13)19(26)23(20(24)27)9-8-22(2)3/h4-7,10-11H,8-9H2,1-3H3,(H,21,25). The zero-order chi connectivity index (χ0) is 19.3. The molecule has 0 radical (unpaired) electrons. The Bertz CT molecular complexity index is 1300. The SMILES string of the molecule is CC(=O)Nc1cc2c(=O)n(CCN(C)C)c(=O)n3c4ccccc4c(c1)c23. The van der Waals surface area contributed by atoms with E-state index in [1.807, 2.05) is 49.3 Å². The fraction of sp³-hybridized carbons (Fsp3) is 0.250. The van der Waals surface area contributed by atoms with Gasteiger partial charge in [-0.15, -0.1) is 0 Å². The summed E-state index contributed by atoms with van der Waals surface area (Å²) >= 11 is 0. The largest absolute Gasteiger partial charge is 0.336 e. The fourth-order valence-electron chi connectivity index (χ4n) is 3.58. The van der Waals surface area contributed by atoms with Crippen LogP contribution in [0, 0.1) is 0 Å². The lowest BCUT2D eigenvalue weighted by molar-refractivity contribution is -0.114. The first-order valence-corrected chi connectivity index (χ1v) is 8.74. The minimum Gasteiger partial charge on any atom is -0.326 e. The molecule has 0 aliphatic carbocycles. The highest BCUT2D eigenvalue weighted by Gasteiger charge is 2.19. The van der Waals surface area contributed by atoms with Crippen LogP contribution in [0.15, 0.2) is 46.0 Å². The molecule has 27 heavy (non-hydrogen) atoms. The number of nitrogens with one attached hydrogen (secondary N) is 1. The van der Waals surface area contributed by atoms with Crippen molar-refractivity contribution in [1.29, 1.82) is 0 Å². The van der Waals surface area contributed by atoms with Crippen molar-refractivity contribution >= 4 is 38.8 Å². The Morgan fingerprint density at radius 2 is 1.78 bits per heavy atom. The Balaban J connectivity index is 2.18. The molecule has 0 spiro atoms. The van der Waals surface area contributed by atoms with Crippen molar-refractivity contribution in [3.05, 3.63) is 57.2 Å². The van der Waals surface area contributed by atoms with Crippen molar-refractivity contribution in [3.63, 3.8) is 0 Å². The summed E-state index contributed by atoms with van der Waals surface area (Å²) in [6.07, 6.45) is 0. The summed E-state index contributed by atoms with van der Waals surface area (Å²) in [5, 5.41) is 4.83. The minimum absolute atomic E-state index is 0.214. The van der Waals surface area contributed by atoms with E-state index in [-0.39, 0.29) is 17.2 Å². The van der Waals surface area contributed by atoms with E-state index in [9.17, 15) is 14.4 Å². The second-order valence-electron chi connectivity index (χ2n) is 7.00. The van der Waals surface area contributed by atoms with E-state index in [2.05, 4.69) is 5.32 Å². The van der Waals surface area contributed by atoms with Gasteiger partial charge in [0, 0.05) is 36.5 Å². The summed E-state index contributed by atoms with van der Waals surface area (Å²) < 4.78 is 2.88. The fourth-order valence-corrected chi connectivity index (χ4v) is 3.58. The molecule has 4 aromatic rings. The molecule has 2 aromatic carbocycles. The molecule has 0 fully saturated rings. The number of likely N-dealkylation sites (N-methyl/N-ethyl adjacent to an activating group) is 1. The van der Waals surface area contributed by atoms with Crippen LogP contribution in [0.5, 0.6) is 0 Å². The molecule has 0 aliphatic heterocycles. The Morgan fingerprint density at radius 3 is 2.48 bits per heavy atom. The molecule has 1 amide bonds. The van der Waals surface area contributed by atoms with Gasteiger partial charge in [-0.2, -0.15) is 0 Å². The molecule has 0 atom stereocenters. The van der Waals surface area contributed by atoms with Crippen LogP contribution < -0.4 is 16.6 Å². The van der Waals surface area contributed by atoms with Gasteiger partial charge in [0.25, 0.3) is 5.56 Å². The van der Waals surface area contributed by atoms with Gasteiger partial charge in [0.2, 0.25) is 5.91 Å². The first kappa shape index (κ1) is 17.2. The van der Waals surface area contributed by atoms with Crippen molar-refractivity contribution in [2.24, 2.45) is 0 Å². The summed E-state index contributed by atoms with van der Waals surface area (Å²) in [7, 11) is 3.79. The third kappa shape index (κ3) is 2.67. The molecule has 0 bridgehead atoms. The Morgan fingerprint density at radius 1 is 1.07 bits per heavy atom. The normalized spacial score (nSPS) is 11.9. The molecule has 2 heterocycles. The van der Waals surface area contributed by atoms with Crippen molar-refractivity contribution in [1.82, 2.24) is 13.9 Å². The van der Waals surface area contributed by atoms with Gasteiger partial charge in [-0.25, -0.2) is 4.79 Å². The van der Waals surface area contributed by atoms with E-state index in [1.54, 1.807) is 10.5 Å². The molecule has 2 aromatic heterocycles. The van der Waals surface area contributed by atoms with Crippen LogP contribution in [0.2, 0.25) is 0 Å². The van der Waals surface area contributed by atoms with Gasteiger partial charge in [-0.3, -0.25) is 18.6 Å².